The second kappa shape index (κ2) is 6.33. The van der Waals surface area contributed by atoms with Crippen molar-refractivity contribution in [3.05, 3.63) is 53.9 Å². The summed E-state index contributed by atoms with van der Waals surface area (Å²) in [6.07, 6.45) is 4.53. The van der Waals surface area contributed by atoms with Crippen molar-refractivity contribution in [3.63, 3.8) is 0 Å². The minimum absolute atomic E-state index is 0.205. The van der Waals surface area contributed by atoms with Crippen molar-refractivity contribution in [1.29, 1.82) is 0 Å². The van der Waals surface area contributed by atoms with Crippen molar-refractivity contribution in [1.82, 2.24) is 9.29 Å². The average Bonchev–Trinajstić information content (AvgIpc) is 3.05. The molecule has 1 aromatic carbocycles. The van der Waals surface area contributed by atoms with Crippen LogP contribution in [0, 0.1) is 0 Å². The summed E-state index contributed by atoms with van der Waals surface area (Å²) >= 11 is 0. The van der Waals surface area contributed by atoms with E-state index in [0.29, 0.717) is 6.54 Å². The van der Waals surface area contributed by atoms with Gasteiger partial charge in [-0.05, 0) is 36.6 Å². The Morgan fingerprint density at radius 3 is 2.38 bits per heavy atom. The molecule has 0 radical (unpaired) electrons. The molecule has 0 unspecified atom stereocenters. The molecule has 1 fully saturated rings. The van der Waals surface area contributed by atoms with Gasteiger partial charge in [-0.2, -0.15) is 4.31 Å². The van der Waals surface area contributed by atoms with Gasteiger partial charge in [0.25, 0.3) is 0 Å². The molecule has 0 saturated carbocycles. The van der Waals surface area contributed by atoms with E-state index >= 15 is 0 Å². The maximum Gasteiger partial charge on any atom is 0.335 e. The Morgan fingerprint density at radius 1 is 1.17 bits per heavy atom. The molecule has 2 aromatic rings. The number of carboxylic acids is 1. The number of hydrogen-bond acceptors (Lipinski definition) is 4. The third kappa shape index (κ3) is 3.32. The molecule has 0 spiro atoms. The Kier molecular flexibility index (Phi) is 4.38. The van der Waals surface area contributed by atoms with Gasteiger partial charge in [0.1, 0.15) is 0 Å². The van der Waals surface area contributed by atoms with E-state index < -0.39 is 16.0 Å². The van der Waals surface area contributed by atoms with Gasteiger partial charge in [-0.3, -0.25) is 4.98 Å². The zero-order valence-corrected chi connectivity index (χ0v) is 14.0. The molecule has 24 heavy (non-hydrogen) atoms. The monoisotopic (exact) mass is 346 g/mol. The van der Waals surface area contributed by atoms with Crippen molar-refractivity contribution >= 4 is 16.0 Å². The lowest BCUT2D eigenvalue weighted by molar-refractivity contribution is 0.0697. The topological polar surface area (TPSA) is 87.6 Å². The highest BCUT2D eigenvalue weighted by Crippen LogP contribution is 2.33. The van der Waals surface area contributed by atoms with Gasteiger partial charge in [0.15, 0.2) is 0 Å². The number of carbonyl (C=O) groups is 1. The Balaban J connectivity index is 1.84. The molecule has 1 aliphatic rings. The number of hydrogen-bond donors (Lipinski definition) is 1. The third-order valence-electron chi connectivity index (χ3n) is 4.22. The summed E-state index contributed by atoms with van der Waals surface area (Å²) in [6, 6.07) is 10.1. The van der Waals surface area contributed by atoms with Crippen molar-refractivity contribution in [3.8, 4) is 11.1 Å². The predicted octanol–water partition coefficient (Wildman–Crippen LogP) is 2.54. The lowest BCUT2D eigenvalue weighted by Crippen LogP contribution is -2.29. The number of benzene rings is 1. The van der Waals surface area contributed by atoms with E-state index in [1.165, 1.54) is 10.6 Å². The Morgan fingerprint density at radius 2 is 1.83 bits per heavy atom. The molecule has 0 aliphatic carbocycles. The fourth-order valence-electron chi connectivity index (χ4n) is 3.01. The van der Waals surface area contributed by atoms with Crippen molar-refractivity contribution < 1.29 is 18.3 Å². The van der Waals surface area contributed by atoms with E-state index in [4.69, 9.17) is 5.11 Å². The number of aromatic nitrogens is 1. The molecule has 0 amide bonds. The first kappa shape index (κ1) is 16.6. The zero-order chi connectivity index (χ0) is 17.3. The molecule has 7 heteroatoms. The number of sulfonamides is 1. The van der Waals surface area contributed by atoms with Crippen LogP contribution in [-0.4, -0.2) is 41.6 Å². The Labute approximate surface area is 140 Å². The fourth-order valence-corrected chi connectivity index (χ4v) is 4.15. The highest BCUT2D eigenvalue weighted by Gasteiger charge is 2.33. The molecule has 0 bridgehead atoms. The van der Waals surface area contributed by atoms with Crippen molar-refractivity contribution in [2.24, 2.45) is 0 Å². The number of carboxylic acid groups (broad SMARTS) is 1. The van der Waals surface area contributed by atoms with Crippen LogP contribution in [0.4, 0.5) is 0 Å². The molecule has 1 aliphatic heterocycles. The summed E-state index contributed by atoms with van der Waals surface area (Å²) in [7, 11) is -3.24. The lowest BCUT2D eigenvalue weighted by atomic mass is 10.0. The molecular formula is C17H18N2O4S. The van der Waals surface area contributed by atoms with Crippen molar-refractivity contribution in [2.45, 2.75) is 18.9 Å². The van der Waals surface area contributed by atoms with Gasteiger partial charge in [-0.15, -0.1) is 0 Å². The highest BCUT2D eigenvalue weighted by molar-refractivity contribution is 7.88. The third-order valence-corrected chi connectivity index (χ3v) is 5.51. The minimum atomic E-state index is -3.24. The molecule has 1 saturated heterocycles. The van der Waals surface area contributed by atoms with Gasteiger partial charge >= 0.3 is 5.97 Å². The van der Waals surface area contributed by atoms with Gasteiger partial charge in [-0.1, -0.05) is 18.2 Å². The molecule has 1 atom stereocenters. The van der Waals surface area contributed by atoms with Gasteiger partial charge in [0, 0.05) is 18.3 Å². The second-order valence-electron chi connectivity index (χ2n) is 5.89. The summed E-state index contributed by atoms with van der Waals surface area (Å²) in [5, 5.41) is 8.93. The van der Waals surface area contributed by atoms with Crippen LogP contribution < -0.4 is 0 Å². The van der Waals surface area contributed by atoms with E-state index in [2.05, 4.69) is 4.98 Å². The average molecular weight is 346 g/mol. The molecule has 1 N–H and O–H groups in total. The largest absolute Gasteiger partial charge is 0.478 e. The van der Waals surface area contributed by atoms with Crippen LogP contribution in [-0.2, 0) is 10.0 Å². The fraction of sp³-hybridized carbons (Fsp3) is 0.294. The van der Waals surface area contributed by atoms with Crippen LogP contribution in [0.1, 0.15) is 34.9 Å². The van der Waals surface area contributed by atoms with Crippen LogP contribution in [0.2, 0.25) is 0 Å². The molecule has 6 nitrogen and oxygen atoms in total. The standard InChI is InChI=1S/C17H18N2O4S/c1-24(22,23)19-10-2-3-16(19)15-9-8-14(11-18-15)12-4-6-13(7-5-12)17(20)21/h4-9,11,16H,2-3,10H2,1H3,(H,20,21)/t16-/m0/s1. The van der Waals surface area contributed by atoms with Crippen molar-refractivity contribution in [2.75, 3.05) is 12.8 Å². The number of rotatable bonds is 4. The summed E-state index contributed by atoms with van der Waals surface area (Å²) in [5.74, 6) is -0.961. The quantitative estimate of drug-likeness (QED) is 0.919. The lowest BCUT2D eigenvalue weighted by Gasteiger charge is -2.21. The molecule has 3 rings (SSSR count). The van der Waals surface area contributed by atoms with Crippen LogP contribution in [0.15, 0.2) is 42.6 Å². The summed E-state index contributed by atoms with van der Waals surface area (Å²) in [6.45, 7) is 0.531. The van der Waals surface area contributed by atoms with Crippen LogP contribution in [0.3, 0.4) is 0 Å². The summed E-state index contributed by atoms with van der Waals surface area (Å²) in [5.41, 5.74) is 2.70. The van der Waals surface area contributed by atoms with Gasteiger partial charge in [0.2, 0.25) is 10.0 Å². The molecule has 2 heterocycles. The maximum atomic E-state index is 11.8. The second-order valence-corrected chi connectivity index (χ2v) is 7.82. The van der Waals surface area contributed by atoms with E-state index in [9.17, 15) is 13.2 Å². The van der Waals surface area contributed by atoms with Gasteiger partial charge in [0.05, 0.1) is 23.6 Å². The highest BCUT2D eigenvalue weighted by atomic mass is 32.2. The van der Waals surface area contributed by atoms with Gasteiger partial charge in [-0.25, -0.2) is 13.2 Å². The van der Waals surface area contributed by atoms with E-state index in [-0.39, 0.29) is 11.6 Å². The first-order valence-electron chi connectivity index (χ1n) is 7.63. The van der Waals surface area contributed by atoms with Crippen LogP contribution >= 0.6 is 0 Å². The predicted molar refractivity (Wildman–Crippen MR) is 90.2 cm³/mol. The smallest absolute Gasteiger partial charge is 0.335 e. The first-order chi connectivity index (χ1) is 11.4. The van der Waals surface area contributed by atoms with Gasteiger partial charge < -0.3 is 5.11 Å². The van der Waals surface area contributed by atoms with Crippen LogP contribution in [0.25, 0.3) is 11.1 Å². The summed E-state index contributed by atoms with van der Waals surface area (Å²) in [4.78, 5) is 15.3. The SMILES string of the molecule is CS(=O)(=O)N1CCC[C@H]1c1ccc(-c2ccc(C(=O)O)cc2)cn1. The normalized spacial score (nSPS) is 18.6. The molecule has 126 valence electrons. The van der Waals surface area contributed by atoms with E-state index in [1.807, 2.05) is 12.1 Å². The molecular weight excluding hydrogens is 328 g/mol. The van der Waals surface area contributed by atoms with E-state index in [1.54, 1.807) is 30.5 Å². The Hall–Kier alpha value is -2.25. The maximum absolute atomic E-state index is 11.8. The first-order valence-corrected chi connectivity index (χ1v) is 9.47. The summed E-state index contributed by atoms with van der Waals surface area (Å²) < 4.78 is 25.2. The zero-order valence-electron chi connectivity index (χ0n) is 13.2. The number of nitrogens with zero attached hydrogens (tertiary/aromatic N) is 2. The molecule has 1 aromatic heterocycles. The van der Waals surface area contributed by atoms with E-state index in [0.717, 1.165) is 29.7 Å². The minimum Gasteiger partial charge on any atom is -0.478 e. The number of aromatic carboxylic acids is 1. The van der Waals surface area contributed by atoms with Crippen LogP contribution in [0.5, 0.6) is 0 Å². The number of pyridine rings is 1. The Bertz CT molecular complexity index is 845.